The van der Waals surface area contributed by atoms with E-state index in [1.54, 1.807) is 12.1 Å². The molecule has 0 aliphatic rings. The number of pyridine rings is 1. The lowest BCUT2D eigenvalue weighted by atomic mass is 10.1. The smallest absolute Gasteiger partial charge is 0.367 e. The predicted molar refractivity (Wildman–Crippen MR) is 117 cm³/mol. The van der Waals surface area contributed by atoms with E-state index >= 15 is 0 Å². The fourth-order valence-electron chi connectivity index (χ4n) is 2.85. The second kappa shape index (κ2) is 10.0. The van der Waals surface area contributed by atoms with Crippen molar-refractivity contribution in [1.82, 2.24) is 15.6 Å². The summed E-state index contributed by atoms with van der Waals surface area (Å²) in [5, 5.41) is 5.00. The van der Waals surface area contributed by atoms with E-state index in [1.165, 1.54) is 18.3 Å². The molecule has 0 atom stereocenters. The van der Waals surface area contributed by atoms with Crippen LogP contribution in [0.5, 0.6) is 0 Å². The Bertz CT molecular complexity index is 1290. The molecule has 1 amide bonds. The molecule has 0 aliphatic carbocycles. The van der Waals surface area contributed by atoms with Crippen LogP contribution in [0.4, 0.5) is 17.6 Å². The number of aromatic nitrogens is 1. The van der Waals surface area contributed by atoms with Gasteiger partial charge in [-0.05, 0) is 54.1 Å². The molecule has 0 fully saturated rings. The molecule has 0 spiro atoms. The Morgan fingerprint density at radius 2 is 1.62 bits per heavy atom. The van der Waals surface area contributed by atoms with Crippen LogP contribution in [-0.4, -0.2) is 25.2 Å². The first-order valence-corrected chi connectivity index (χ1v) is 11.4. The van der Waals surface area contributed by atoms with Gasteiger partial charge in [0.2, 0.25) is 0 Å². The fraction of sp³-hybridized carbons (Fsp3) is 0.130. The lowest BCUT2D eigenvalue weighted by Gasteiger charge is -2.12. The minimum Gasteiger partial charge on any atom is -0.367 e. The molecule has 2 N–H and O–H groups in total. The molecule has 3 aromatic rings. The maximum Gasteiger partial charge on any atom is 0.416 e. The minimum atomic E-state index is -4.44. The van der Waals surface area contributed by atoms with Crippen LogP contribution in [0.25, 0.3) is 11.3 Å². The average Bonchev–Trinajstić information content (AvgIpc) is 2.81. The van der Waals surface area contributed by atoms with Crippen LogP contribution < -0.4 is 10.6 Å². The highest BCUT2D eigenvalue weighted by molar-refractivity contribution is 7.91. The zero-order chi connectivity index (χ0) is 24.9. The molecule has 0 aliphatic heterocycles. The summed E-state index contributed by atoms with van der Waals surface area (Å²) in [7, 11) is -3.82. The van der Waals surface area contributed by atoms with Gasteiger partial charge in [0.25, 0.3) is 5.91 Å². The van der Waals surface area contributed by atoms with Gasteiger partial charge in [-0.25, -0.2) is 12.8 Å². The molecule has 1 heterocycles. The third-order valence-electron chi connectivity index (χ3n) is 4.71. The van der Waals surface area contributed by atoms with Gasteiger partial charge in [0.15, 0.2) is 9.84 Å². The van der Waals surface area contributed by atoms with Gasteiger partial charge >= 0.3 is 6.18 Å². The molecule has 0 radical (unpaired) electrons. The van der Waals surface area contributed by atoms with E-state index in [9.17, 15) is 30.8 Å². The summed E-state index contributed by atoms with van der Waals surface area (Å²) >= 11 is 0. The van der Waals surface area contributed by atoms with Crippen molar-refractivity contribution in [2.75, 3.05) is 5.88 Å². The van der Waals surface area contributed by atoms with Gasteiger partial charge < -0.3 is 10.6 Å². The normalized spacial score (nSPS) is 11.6. The third-order valence-corrected chi connectivity index (χ3v) is 6.22. The number of nitrogens with zero attached hydrogens (tertiary/aromatic N) is 1. The van der Waals surface area contributed by atoms with Gasteiger partial charge in [-0.15, -0.1) is 0 Å². The summed E-state index contributed by atoms with van der Waals surface area (Å²) in [6.07, 6.45) is -2.98. The van der Waals surface area contributed by atoms with E-state index in [1.807, 2.05) is 0 Å². The highest BCUT2D eigenvalue weighted by Crippen LogP contribution is 2.30. The van der Waals surface area contributed by atoms with E-state index in [0.717, 1.165) is 36.4 Å². The molecule has 34 heavy (non-hydrogen) atoms. The maximum atomic E-state index is 13.0. The quantitative estimate of drug-likeness (QED) is 0.281. The van der Waals surface area contributed by atoms with Gasteiger partial charge in [0.05, 0.1) is 21.8 Å². The first kappa shape index (κ1) is 24.9. The van der Waals surface area contributed by atoms with E-state index < -0.39 is 39.2 Å². The van der Waals surface area contributed by atoms with Gasteiger partial charge in [-0.2, -0.15) is 13.2 Å². The SMILES string of the molecule is C=C(NCS(=O)(=O)c1ccc(F)cc1)C(=O)NCc1ccnc(-c2ccc(C(F)(F)F)cc2)c1. The van der Waals surface area contributed by atoms with E-state index in [4.69, 9.17) is 0 Å². The van der Waals surface area contributed by atoms with Crippen molar-refractivity contribution < 1.29 is 30.8 Å². The van der Waals surface area contributed by atoms with Crippen molar-refractivity contribution in [2.45, 2.75) is 17.6 Å². The number of sulfone groups is 1. The summed E-state index contributed by atoms with van der Waals surface area (Å²) in [6, 6.07) is 12.0. The summed E-state index contributed by atoms with van der Waals surface area (Å²) in [5.41, 5.74) is 0.542. The van der Waals surface area contributed by atoms with Crippen LogP contribution >= 0.6 is 0 Å². The number of nitrogens with one attached hydrogen (secondary N) is 2. The minimum absolute atomic E-state index is 0.0421. The Kier molecular flexibility index (Phi) is 7.35. The molecule has 11 heteroatoms. The molecule has 0 bridgehead atoms. The zero-order valence-corrected chi connectivity index (χ0v) is 18.4. The van der Waals surface area contributed by atoms with E-state index in [-0.39, 0.29) is 17.1 Å². The second-order valence-corrected chi connectivity index (χ2v) is 9.17. The number of amides is 1. The summed E-state index contributed by atoms with van der Waals surface area (Å²) in [6.45, 7) is 3.56. The number of carbonyl (C=O) groups is 1. The predicted octanol–water partition coefficient (Wildman–Crippen LogP) is 4.06. The summed E-state index contributed by atoms with van der Waals surface area (Å²) in [5.74, 6) is -1.84. The number of hydrogen-bond donors (Lipinski definition) is 2. The zero-order valence-electron chi connectivity index (χ0n) is 17.6. The molecule has 0 saturated heterocycles. The Hall–Kier alpha value is -3.73. The second-order valence-electron chi connectivity index (χ2n) is 7.18. The van der Waals surface area contributed by atoms with Crippen LogP contribution in [0.15, 0.2) is 84.0 Å². The van der Waals surface area contributed by atoms with Gasteiger partial charge in [-0.3, -0.25) is 9.78 Å². The Labute approximate surface area is 193 Å². The Morgan fingerprint density at radius 3 is 2.24 bits per heavy atom. The first-order chi connectivity index (χ1) is 16.0. The molecular weight excluding hydrogens is 474 g/mol. The first-order valence-electron chi connectivity index (χ1n) is 9.77. The van der Waals surface area contributed by atoms with Crippen LogP contribution in [0.2, 0.25) is 0 Å². The van der Waals surface area contributed by atoms with E-state index in [2.05, 4.69) is 22.2 Å². The molecule has 178 valence electrons. The van der Waals surface area contributed by atoms with Crippen molar-refractivity contribution in [3.63, 3.8) is 0 Å². The number of hydrogen-bond acceptors (Lipinski definition) is 5. The molecule has 1 aromatic heterocycles. The van der Waals surface area contributed by atoms with E-state index in [0.29, 0.717) is 16.8 Å². The number of rotatable bonds is 8. The van der Waals surface area contributed by atoms with Crippen LogP contribution in [0, 0.1) is 5.82 Å². The fourth-order valence-corrected chi connectivity index (χ4v) is 3.93. The highest BCUT2D eigenvalue weighted by Gasteiger charge is 2.30. The standard InChI is InChI=1S/C23H19F4N3O3S/c1-15(30-14-34(32,33)20-8-6-19(24)7-9-20)22(31)29-13-16-10-11-28-21(12-16)17-2-4-18(5-3-17)23(25,26)27/h2-12,30H,1,13-14H2,(H,29,31). The van der Waals surface area contributed by atoms with Crippen molar-refractivity contribution in [1.29, 1.82) is 0 Å². The number of carbonyl (C=O) groups excluding carboxylic acids is 1. The van der Waals surface area contributed by atoms with Gasteiger partial charge in [0.1, 0.15) is 11.7 Å². The van der Waals surface area contributed by atoms with Crippen LogP contribution in [0.1, 0.15) is 11.1 Å². The molecule has 0 unspecified atom stereocenters. The van der Waals surface area contributed by atoms with Crippen molar-refractivity contribution in [2.24, 2.45) is 0 Å². The molecular formula is C23H19F4N3O3S. The van der Waals surface area contributed by atoms with Crippen LogP contribution in [-0.2, 0) is 27.4 Å². The van der Waals surface area contributed by atoms with Crippen molar-refractivity contribution in [3.05, 3.63) is 96.1 Å². The maximum absolute atomic E-state index is 13.0. The molecule has 6 nitrogen and oxygen atoms in total. The monoisotopic (exact) mass is 493 g/mol. The van der Waals surface area contributed by atoms with Gasteiger partial charge in [-0.1, -0.05) is 18.7 Å². The number of halogens is 4. The topological polar surface area (TPSA) is 88.2 Å². The summed E-state index contributed by atoms with van der Waals surface area (Å²) in [4.78, 5) is 16.3. The largest absolute Gasteiger partial charge is 0.416 e. The molecule has 3 rings (SSSR count). The number of alkyl halides is 3. The Morgan fingerprint density at radius 1 is 0.971 bits per heavy atom. The number of benzene rings is 2. The molecule has 0 saturated carbocycles. The summed E-state index contributed by atoms with van der Waals surface area (Å²) < 4.78 is 75.7. The van der Waals surface area contributed by atoms with Gasteiger partial charge in [0, 0.05) is 18.3 Å². The van der Waals surface area contributed by atoms with Crippen LogP contribution in [0.3, 0.4) is 0 Å². The Balaban J connectivity index is 1.57. The molecule has 2 aromatic carbocycles. The van der Waals surface area contributed by atoms with Crippen molar-refractivity contribution >= 4 is 15.7 Å². The highest BCUT2D eigenvalue weighted by atomic mass is 32.2. The van der Waals surface area contributed by atoms with Crippen molar-refractivity contribution in [3.8, 4) is 11.3 Å². The third kappa shape index (κ3) is 6.41. The lowest BCUT2D eigenvalue weighted by molar-refractivity contribution is -0.137. The average molecular weight is 493 g/mol. The lowest BCUT2D eigenvalue weighted by Crippen LogP contribution is -2.33.